The second kappa shape index (κ2) is 6.29. The molecule has 1 unspecified atom stereocenters. The second-order valence-corrected chi connectivity index (χ2v) is 7.79. The molecular formula is C17H16N2O2S2. The number of carboxylic acids is 1. The van der Waals surface area contributed by atoms with Gasteiger partial charge in [0.15, 0.2) is 0 Å². The van der Waals surface area contributed by atoms with Gasteiger partial charge in [-0.15, -0.1) is 11.3 Å². The van der Waals surface area contributed by atoms with Crippen molar-refractivity contribution in [1.29, 1.82) is 0 Å². The van der Waals surface area contributed by atoms with Gasteiger partial charge in [-0.1, -0.05) is 42.1 Å². The number of rotatable bonds is 4. The lowest BCUT2D eigenvalue weighted by Crippen LogP contribution is -2.11. The van der Waals surface area contributed by atoms with Crippen molar-refractivity contribution in [2.45, 2.75) is 31.0 Å². The molecule has 0 spiro atoms. The van der Waals surface area contributed by atoms with Gasteiger partial charge in [0.05, 0.1) is 5.39 Å². The lowest BCUT2D eigenvalue weighted by Gasteiger charge is -2.09. The van der Waals surface area contributed by atoms with Crippen molar-refractivity contribution in [2.24, 2.45) is 0 Å². The minimum absolute atomic E-state index is 0.559. The van der Waals surface area contributed by atoms with Crippen molar-refractivity contribution in [3.63, 3.8) is 0 Å². The first-order valence-corrected chi connectivity index (χ1v) is 8.89. The topological polar surface area (TPSA) is 63.1 Å². The van der Waals surface area contributed by atoms with E-state index in [1.807, 2.05) is 25.1 Å². The average Bonchev–Trinajstić information content (AvgIpc) is 2.83. The summed E-state index contributed by atoms with van der Waals surface area (Å²) < 4.78 is 0. The molecule has 0 radical (unpaired) electrons. The van der Waals surface area contributed by atoms with Crippen molar-refractivity contribution in [1.82, 2.24) is 9.97 Å². The van der Waals surface area contributed by atoms with Crippen LogP contribution in [0, 0.1) is 13.8 Å². The molecule has 2 aromatic heterocycles. The normalized spacial score (nSPS) is 12.5. The maximum Gasteiger partial charge on any atom is 0.316 e. The molecule has 1 N–H and O–H groups in total. The number of carbonyl (C=O) groups is 1. The van der Waals surface area contributed by atoms with Crippen LogP contribution in [0.5, 0.6) is 0 Å². The number of aromatic nitrogens is 2. The van der Waals surface area contributed by atoms with Crippen molar-refractivity contribution in [3.05, 3.63) is 41.0 Å². The molecule has 4 nitrogen and oxygen atoms in total. The Labute approximate surface area is 142 Å². The van der Waals surface area contributed by atoms with Crippen LogP contribution in [-0.4, -0.2) is 26.3 Å². The molecule has 3 aromatic rings. The maximum atomic E-state index is 11.2. The van der Waals surface area contributed by atoms with Crippen LogP contribution < -0.4 is 0 Å². The summed E-state index contributed by atoms with van der Waals surface area (Å²) in [6, 6.07) is 10.1. The third-order valence-corrected chi connectivity index (χ3v) is 5.58. The predicted molar refractivity (Wildman–Crippen MR) is 95.3 cm³/mol. The van der Waals surface area contributed by atoms with E-state index in [0.29, 0.717) is 5.82 Å². The van der Waals surface area contributed by atoms with Crippen LogP contribution in [0.4, 0.5) is 0 Å². The van der Waals surface area contributed by atoms with E-state index < -0.39 is 11.2 Å². The van der Waals surface area contributed by atoms with E-state index >= 15 is 0 Å². The SMILES string of the molecule is Cc1nc(SC(C)C(=O)O)c2c(-c3ccccc3)c(C)sc2n1. The average molecular weight is 344 g/mol. The monoisotopic (exact) mass is 344 g/mol. The van der Waals surface area contributed by atoms with Crippen molar-refractivity contribution >= 4 is 39.3 Å². The van der Waals surface area contributed by atoms with Crippen LogP contribution in [0.3, 0.4) is 0 Å². The molecule has 1 aromatic carbocycles. The Balaban J connectivity index is 2.25. The summed E-state index contributed by atoms with van der Waals surface area (Å²) in [6.45, 7) is 5.59. The van der Waals surface area contributed by atoms with E-state index in [9.17, 15) is 9.90 Å². The lowest BCUT2D eigenvalue weighted by atomic mass is 10.0. The largest absolute Gasteiger partial charge is 0.480 e. The quantitative estimate of drug-likeness (QED) is 0.556. The molecule has 0 saturated heterocycles. The molecule has 0 fully saturated rings. The van der Waals surface area contributed by atoms with Gasteiger partial charge < -0.3 is 5.11 Å². The summed E-state index contributed by atoms with van der Waals surface area (Å²) in [5, 5.41) is 10.4. The predicted octanol–water partition coefficient (Wildman–Crippen LogP) is 4.54. The number of thioether (sulfide) groups is 1. The fourth-order valence-corrected chi connectivity index (χ4v) is 4.53. The molecule has 0 amide bonds. The van der Waals surface area contributed by atoms with Gasteiger partial charge in [-0.2, -0.15) is 0 Å². The molecular weight excluding hydrogens is 328 g/mol. The first-order chi connectivity index (χ1) is 11.0. The Hall–Kier alpha value is -1.92. The van der Waals surface area contributed by atoms with Gasteiger partial charge in [0.25, 0.3) is 0 Å². The van der Waals surface area contributed by atoms with E-state index in [1.54, 1.807) is 18.3 Å². The zero-order chi connectivity index (χ0) is 16.6. The molecule has 23 heavy (non-hydrogen) atoms. The maximum absolute atomic E-state index is 11.2. The lowest BCUT2D eigenvalue weighted by molar-refractivity contribution is -0.136. The smallest absolute Gasteiger partial charge is 0.316 e. The summed E-state index contributed by atoms with van der Waals surface area (Å²) in [5.74, 6) is -0.175. The van der Waals surface area contributed by atoms with Crippen LogP contribution in [0.1, 0.15) is 17.6 Å². The molecule has 0 aliphatic heterocycles. The second-order valence-electron chi connectivity index (χ2n) is 5.25. The van der Waals surface area contributed by atoms with E-state index in [0.717, 1.165) is 31.2 Å². The highest BCUT2D eigenvalue weighted by molar-refractivity contribution is 8.00. The summed E-state index contributed by atoms with van der Waals surface area (Å²) in [5.41, 5.74) is 2.21. The van der Waals surface area contributed by atoms with Gasteiger partial charge >= 0.3 is 5.97 Å². The minimum atomic E-state index is -0.840. The van der Waals surface area contributed by atoms with Gasteiger partial charge in [-0.05, 0) is 26.3 Å². The Morgan fingerprint density at radius 3 is 2.57 bits per heavy atom. The number of carboxylic acid groups (broad SMARTS) is 1. The summed E-state index contributed by atoms with van der Waals surface area (Å²) in [6.07, 6.45) is 0. The van der Waals surface area contributed by atoms with Crippen LogP contribution in [0.15, 0.2) is 35.4 Å². The number of aliphatic carboxylic acids is 1. The molecule has 1 atom stereocenters. The fraction of sp³-hybridized carbons (Fsp3) is 0.235. The zero-order valence-electron chi connectivity index (χ0n) is 13.0. The number of benzene rings is 1. The van der Waals surface area contributed by atoms with Crippen molar-refractivity contribution in [2.75, 3.05) is 0 Å². The highest BCUT2D eigenvalue weighted by Crippen LogP contribution is 2.42. The molecule has 0 aliphatic rings. The number of hydrogen-bond donors (Lipinski definition) is 1. The number of aryl methyl sites for hydroxylation is 2. The molecule has 6 heteroatoms. The standard InChI is InChI=1S/C17H16N2O2S2/c1-9-13(12-7-5-4-6-8-12)14-15(22-9)18-11(3)19-16(14)23-10(2)17(20)21/h4-8,10H,1-3H3,(H,20,21). The van der Waals surface area contributed by atoms with Gasteiger partial charge in [-0.25, -0.2) is 9.97 Å². The third-order valence-electron chi connectivity index (χ3n) is 3.50. The molecule has 0 saturated carbocycles. The number of hydrogen-bond acceptors (Lipinski definition) is 5. The van der Waals surface area contributed by atoms with Gasteiger partial charge in [0.2, 0.25) is 0 Å². The molecule has 0 bridgehead atoms. The van der Waals surface area contributed by atoms with E-state index in [2.05, 4.69) is 29.0 Å². The van der Waals surface area contributed by atoms with E-state index in [4.69, 9.17) is 0 Å². The highest BCUT2D eigenvalue weighted by atomic mass is 32.2. The first-order valence-electron chi connectivity index (χ1n) is 7.20. The highest BCUT2D eigenvalue weighted by Gasteiger charge is 2.21. The Kier molecular flexibility index (Phi) is 4.37. The zero-order valence-corrected chi connectivity index (χ0v) is 14.7. The minimum Gasteiger partial charge on any atom is -0.480 e. The number of fused-ring (bicyclic) bond motifs is 1. The van der Waals surface area contributed by atoms with Gasteiger partial charge in [-0.3, -0.25) is 4.79 Å². The Morgan fingerprint density at radius 2 is 1.91 bits per heavy atom. The van der Waals surface area contributed by atoms with Crippen molar-refractivity contribution in [3.8, 4) is 11.1 Å². The molecule has 3 rings (SSSR count). The third kappa shape index (κ3) is 3.09. The summed E-state index contributed by atoms with van der Waals surface area (Å²) in [7, 11) is 0. The number of thiophene rings is 1. The number of nitrogens with zero attached hydrogens (tertiary/aromatic N) is 2. The fourth-order valence-electron chi connectivity index (χ4n) is 2.44. The van der Waals surface area contributed by atoms with Gasteiger partial charge in [0, 0.05) is 10.4 Å². The molecule has 118 valence electrons. The molecule has 0 aliphatic carbocycles. The van der Waals surface area contributed by atoms with Crippen LogP contribution in [0.2, 0.25) is 0 Å². The van der Waals surface area contributed by atoms with Gasteiger partial charge in [0.1, 0.15) is 20.9 Å². The summed E-state index contributed by atoms with van der Waals surface area (Å²) in [4.78, 5) is 22.4. The molecule has 2 heterocycles. The van der Waals surface area contributed by atoms with E-state index in [1.165, 1.54) is 11.8 Å². The van der Waals surface area contributed by atoms with Crippen molar-refractivity contribution < 1.29 is 9.90 Å². The van der Waals surface area contributed by atoms with Crippen LogP contribution >= 0.6 is 23.1 Å². The Bertz CT molecular complexity index is 875. The van der Waals surface area contributed by atoms with Crippen LogP contribution in [0.25, 0.3) is 21.3 Å². The van der Waals surface area contributed by atoms with Crippen LogP contribution in [-0.2, 0) is 4.79 Å². The van der Waals surface area contributed by atoms with E-state index in [-0.39, 0.29) is 0 Å². The first kappa shape index (κ1) is 16.0. The Morgan fingerprint density at radius 1 is 1.22 bits per heavy atom. The summed E-state index contributed by atoms with van der Waals surface area (Å²) >= 11 is 2.90.